The first-order valence-electron chi connectivity index (χ1n) is 7.11. The third-order valence-electron chi connectivity index (χ3n) is 4.31. The van der Waals surface area contributed by atoms with Crippen molar-refractivity contribution in [2.24, 2.45) is 0 Å². The van der Waals surface area contributed by atoms with Crippen LogP contribution < -0.4 is 5.32 Å². The zero-order chi connectivity index (χ0) is 14.0. The van der Waals surface area contributed by atoms with Crippen molar-refractivity contribution in [1.29, 1.82) is 0 Å². The molecule has 0 atom stereocenters. The van der Waals surface area contributed by atoms with E-state index in [2.05, 4.69) is 52.3 Å². The fourth-order valence-electron chi connectivity index (χ4n) is 2.92. The highest BCUT2D eigenvalue weighted by Gasteiger charge is 2.31. The van der Waals surface area contributed by atoms with E-state index in [1.54, 1.807) is 11.8 Å². The van der Waals surface area contributed by atoms with Gasteiger partial charge in [-0.25, -0.2) is 4.98 Å². The first kappa shape index (κ1) is 13.7. The maximum atomic E-state index is 4.40. The van der Waals surface area contributed by atoms with Gasteiger partial charge < -0.3 is 9.88 Å². The smallest absolute Gasteiger partial charge is 0.0994 e. The topological polar surface area (TPSA) is 29.9 Å². The molecule has 106 valence electrons. The number of thioether (sulfide) groups is 1. The second-order valence-corrected chi connectivity index (χ2v) is 6.54. The van der Waals surface area contributed by atoms with Gasteiger partial charge in [-0.1, -0.05) is 6.92 Å². The Labute approximate surface area is 124 Å². The van der Waals surface area contributed by atoms with Gasteiger partial charge in [-0.2, -0.15) is 0 Å². The van der Waals surface area contributed by atoms with E-state index in [1.165, 1.54) is 29.1 Å². The molecule has 2 heterocycles. The van der Waals surface area contributed by atoms with Gasteiger partial charge in [-0.15, -0.1) is 11.8 Å². The lowest BCUT2D eigenvalue weighted by molar-refractivity contribution is 0.324. The number of nitrogens with zero attached hydrogens (tertiary/aromatic N) is 2. The van der Waals surface area contributed by atoms with Gasteiger partial charge in [0, 0.05) is 27.9 Å². The summed E-state index contributed by atoms with van der Waals surface area (Å²) < 4.78 is 2.25. The van der Waals surface area contributed by atoms with E-state index in [-0.39, 0.29) is 5.41 Å². The summed E-state index contributed by atoms with van der Waals surface area (Å²) in [4.78, 5) is 5.69. The predicted octanol–water partition coefficient (Wildman–Crippen LogP) is 3.24. The van der Waals surface area contributed by atoms with Crippen LogP contribution in [0.25, 0.3) is 5.69 Å². The highest BCUT2D eigenvalue weighted by atomic mass is 32.2. The van der Waals surface area contributed by atoms with E-state index >= 15 is 0 Å². The molecule has 0 unspecified atom stereocenters. The van der Waals surface area contributed by atoms with Crippen molar-refractivity contribution in [2.75, 3.05) is 19.3 Å². The van der Waals surface area contributed by atoms with Crippen molar-refractivity contribution in [3.8, 4) is 5.69 Å². The fourth-order valence-corrected chi connectivity index (χ4v) is 3.33. The van der Waals surface area contributed by atoms with Gasteiger partial charge in [0.1, 0.15) is 0 Å². The van der Waals surface area contributed by atoms with Crippen molar-refractivity contribution >= 4 is 11.8 Å². The molecule has 1 fully saturated rings. The van der Waals surface area contributed by atoms with E-state index < -0.39 is 0 Å². The van der Waals surface area contributed by atoms with Crippen LogP contribution in [0.5, 0.6) is 0 Å². The van der Waals surface area contributed by atoms with Gasteiger partial charge in [0.05, 0.1) is 6.33 Å². The molecule has 1 saturated heterocycles. The Balaban J connectivity index is 1.96. The Kier molecular flexibility index (Phi) is 3.85. The number of rotatable bonds is 3. The van der Waals surface area contributed by atoms with E-state index in [0.29, 0.717) is 0 Å². The third kappa shape index (κ3) is 2.50. The Morgan fingerprint density at radius 1 is 1.20 bits per heavy atom. The van der Waals surface area contributed by atoms with E-state index in [1.807, 2.05) is 12.5 Å². The van der Waals surface area contributed by atoms with Crippen LogP contribution >= 0.6 is 11.8 Å². The van der Waals surface area contributed by atoms with Gasteiger partial charge >= 0.3 is 0 Å². The molecule has 1 aromatic heterocycles. The van der Waals surface area contributed by atoms with Gasteiger partial charge in [-0.3, -0.25) is 0 Å². The first-order chi connectivity index (χ1) is 9.73. The van der Waals surface area contributed by atoms with Crippen LogP contribution in [0.4, 0.5) is 0 Å². The fraction of sp³-hybridized carbons (Fsp3) is 0.438. The Morgan fingerprint density at radius 2 is 1.90 bits per heavy atom. The number of imidazole rings is 1. The summed E-state index contributed by atoms with van der Waals surface area (Å²) in [6.07, 6.45) is 8.42. The molecule has 1 aliphatic heterocycles. The summed E-state index contributed by atoms with van der Waals surface area (Å²) in [5, 5.41) is 3.44. The number of piperidine rings is 1. The summed E-state index contributed by atoms with van der Waals surface area (Å²) in [5.41, 5.74) is 2.76. The summed E-state index contributed by atoms with van der Waals surface area (Å²) in [6.45, 7) is 4.54. The molecule has 0 spiro atoms. The van der Waals surface area contributed by atoms with Crippen molar-refractivity contribution in [3.63, 3.8) is 0 Å². The van der Waals surface area contributed by atoms with Crippen LogP contribution in [0, 0.1) is 0 Å². The molecular formula is C16H21N3S. The largest absolute Gasteiger partial charge is 0.317 e. The molecule has 2 aromatic rings. The average molecular weight is 287 g/mol. The van der Waals surface area contributed by atoms with Gasteiger partial charge in [0.15, 0.2) is 0 Å². The highest BCUT2D eigenvalue weighted by molar-refractivity contribution is 7.98. The summed E-state index contributed by atoms with van der Waals surface area (Å²) in [5.74, 6) is 0. The van der Waals surface area contributed by atoms with Crippen molar-refractivity contribution in [1.82, 2.24) is 14.9 Å². The number of hydrogen-bond donors (Lipinski definition) is 1. The lowest BCUT2D eigenvalue weighted by Gasteiger charge is -2.34. The molecule has 0 saturated carbocycles. The molecule has 0 radical (unpaired) electrons. The molecule has 0 aliphatic carbocycles. The normalized spacial score (nSPS) is 18.1. The van der Waals surface area contributed by atoms with Crippen LogP contribution in [-0.2, 0) is 5.41 Å². The first-order valence-corrected chi connectivity index (χ1v) is 8.33. The Hall–Kier alpha value is -1.26. The second kappa shape index (κ2) is 5.62. The molecule has 0 amide bonds. The number of benzene rings is 1. The van der Waals surface area contributed by atoms with E-state index in [9.17, 15) is 0 Å². The quantitative estimate of drug-likeness (QED) is 0.879. The molecule has 1 aliphatic rings. The Bertz CT molecular complexity index is 568. The summed E-state index contributed by atoms with van der Waals surface area (Å²) in [7, 11) is 0. The van der Waals surface area contributed by atoms with Crippen LogP contribution in [0.3, 0.4) is 0 Å². The molecule has 20 heavy (non-hydrogen) atoms. The lowest BCUT2D eigenvalue weighted by atomic mass is 9.78. The molecule has 3 nitrogen and oxygen atoms in total. The molecule has 1 aromatic carbocycles. The third-order valence-corrected chi connectivity index (χ3v) is 5.06. The minimum absolute atomic E-state index is 0.222. The zero-order valence-corrected chi connectivity index (χ0v) is 12.9. The standard InChI is InChI=1S/C16H21N3S/c1-16(7-9-17-10-8-16)15-11-18-12-19(15)13-3-5-14(20-2)6-4-13/h3-6,11-12,17H,7-10H2,1-2H3. The molecular weight excluding hydrogens is 266 g/mol. The molecule has 1 N–H and O–H groups in total. The number of aromatic nitrogens is 2. The second-order valence-electron chi connectivity index (χ2n) is 5.66. The minimum Gasteiger partial charge on any atom is -0.317 e. The van der Waals surface area contributed by atoms with Crippen molar-refractivity contribution < 1.29 is 0 Å². The van der Waals surface area contributed by atoms with Crippen molar-refractivity contribution in [2.45, 2.75) is 30.1 Å². The maximum absolute atomic E-state index is 4.40. The number of hydrogen-bond acceptors (Lipinski definition) is 3. The van der Waals surface area contributed by atoms with Crippen LogP contribution in [0.1, 0.15) is 25.5 Å². The summed E-state index contributed by atoms with van der Waals surface area (Å²) >= 11 is 1.77. The van der Waals surface area contributed by atoms with E-state index in [4.69, 9.17) is 0 Å². The SMILES string of the molecule is CSc1ccc(-n2cncc2C2(C)CCNCC2)cc1. The van der Waals surface area contributed by atoms with Crippen LogP contribution in [0.2, 0.25) is 0 Å². The average Bonchev–Trinajstić information content (AvgIpc) is 2.98. The van der Waals surface area contributed by atoms with Crippen LogP contribution in [-0.4, -0.2) is 28.9 Å². The molecule has 3 rings (SSSR count). The van der Waals surface area contributed by atoms with Gasteiger partial charge in [0.2, 0.25) is 0 Å². The van der Waals surface area contributed by atoms with Crippen molar-refractivity contribution in [3.05, 3.63) is 42.5 Å². The summed E-state index contributed by atoms with van der Waals surface area (Å²) in [6, 6.07) is 8.71. The predicted molar refractivity (Wildman–Crippen MR) is 84.8 cm³/mol. The molecule has 0 bridgehead atoms. The monoisotopic (exact) mass is 287 g/mol. The van der Waals surface area contributed by atoms with E-state index in [0.717, 1.165) is 13.1 Å². The zero-order valence-electron chi connectivity index (χ0n) is 12.1. The lowest BCUT2D eigenvalue weighted by Crippen LogP contribution is -2.38. The van der Waals surface area contributed by atoms with Gasteiger partial charge in [0.25, 0.3) is 0 Å². The van der Waals surface area contributed by atoms with Gasteiger partial charge in [-0.05, 0) is 56.5 Å². The Morgan fingerprint density at radius 3 is 2.55 bits per heavy atom. The minimum atomic E-state index is 0.222. The molecule has 4 heteroatoms. The number of nitrogens with one attached hydrogen (secondary N) is 1. The highest BCUT2D eigenvalue weighted by Crippen LogP contribution is 2.34. The maximum Gasteiger partial charge on any atom is 0.0994 e. The van der Waals surface area contributed by atoms with Crippen LogP contribution in [0.15, 0.2) is 41.7 Å².